The van der Waals surface area contributed by atoms with Crippen LogP contribution in [0.4, 0.5) is 0 Å². The fraction of sp³-hybridized carbons (Fsp3) is 0.333. The van der Waals surface area contributed by atoms with Gasteiger partial charge in [0.25, 0.3) is 0 Å². The summed E-state index contributed by atoms with van der Waals surface area (Å²) in [6.07, 6.45) is 8.19. The van der Waals surface area contributed by atoms with Crippen LogP contribution in [0.1, 0.15) is 24.5 Å². The summed E-state index contributed by atoms with van der Waals surface area (Å²) in [5.41, 5.74) is 4.56. The van der Waals surface area contributed by atoms with Crippen molar-refractivity contribution < 1.29 is 54.0 Å². The maximum absolute atomic E-state index is 6.26. The fourth-order valence-electron chi connectivity index (χ4n) is 4.86. The zero-order valence-electron chi connectivity index (χ0n) is 20.5. The van der Waals surface area contributed by atoms with Gasteiger partial charge in [0.2, 0.25) is 0 Å². The van der Waals surface area contributed by atoms with Gasteiger partial charge < -0.3 is 24.8 Å². The summed E-state index contributed by atoms with van der Waals surface area (Å²) >= 11 is 1.50. The molecule has 2 aromatic carbocycles. The number of hydrogen-bond donors (Lipinski definition) is 0. The second-order valence-electron chi connectivity index (χ2n) is 10.3. The molecule has 6 heteroatoms. The molecule has 0 saturated heterocycles. The minimum Gasteiger partial charge on any atom is -1.00 e. The Morgan fingerprint density at radius 3 is 2.21 bits per heavy atom. The Morgan fingerprint density at radius 2 is 1.58 bits per heavy atom. The van der Waals surface area contributed by atoms with Crippen molar-refractivity contribution >= 4 is 31.3 Å². The normalized spacial score (nSPS) is 15.4. The number of halogens is 2. The summed E-state index contributed by atoms with van der Waals surface area (Å²) in [4.78, 5) is 0. The number of allylic oxidation sites excluding steroid dienone is 4. The average Bonchev–Trinajstić information content (AvgIpc) is 3.31. The minimum absolute atomic E-state index is 0. The summed E-state index contributed by atoms with van der Waals surface area (Å²) in [7, 11) is -3.08. The molecule has 0 N–H and O–H groups in total. The zero-order chi connectivity index (χ0) is 22.4. The predicted molar refractivity (Wildman–Crippen MR) is 135 cm³/mol. The minimum atomic E-state index is -1.61. The SMILES string of the molecule is CC=c1ccc2c(c1C1=C([Si](C)(C)CCO[Si](C)(C)C)C=CC1)[C]([Zr+2])=c1ccccc1=2.[Cl-].[Cl-]. The van der Waals surface area contributed by atoms with Crippen LogP contribution >= 0.6 is 0 Å². The van der Waals surface area contributed by atoms with E-state index in [1.54, 1.807) is 10.8 Å². The van der Waals surface area contributed by atoms with E-state index in [1.807, 2.05) is 0 Å². The Labute approximate surface area is 228 Å². The van der Waals surface area contributed by atoms with E-state index >= 15 is 0 Å². The fourth-order valence-corrected chi connectivity index (χ4v) is 9.45. The quantitative estimate of drug-likeness (QED) is 0.416. The second kappa shape index (κ2) is 11.1. The Hall–Kier alpha value is -0.483. The van der Waals surface area contributed by atoms with E-state index in [0.29, 0.717) is 0 Å². The van der Waals surface area contributed by atoms with Crippen LogP contribution < -0.4 is 35.3 Å². The van der Waals surface area contributed by atoms with Gasteiger partial charge in [-0.3, -0.25) is 0 Å². The Morgan fingerprint density at radius 1 is 0.909 bits per heavy atom. The van der Waals surface area contributed by atoms with Gasteiger partial charge in [0.1, 0.15) is 0 Å². The molecule has 0 atom stereocenters. The third kappa shape index (κ3) is 5.68. The van der Waals surface area contributed by atoms with Crippen molar-refractivity contribution in [1.82, 2.24) is 0 Å². The molecule has 0 aliphatic heterocycles. The monoisotopic (exact) mass is 589 g/mol. The largest absolute Gasteiger partial charge is 1.00 e. The van der Waals surface area contributed by atoms with Crippen LogP contribution in [-0.2, 0) is 29.1 Å². The van der Waals surface area contributed by atoms with Crippen LogP contribution in [0.5, 0.6) is 0 Å². The van der Waals surface area contributed by atoms with E-state index in [0.717, 1.165) is 13.0 Å². The molecule has 0 spiro atoms. The van der Waals surface area contributed by atoms with Crippen molar-refractivity contribution in [2.75, 3.05) is 6.61 Å². The van der Waals surface area contributed by atoms with E-state index in [9.17, 15) is 0 Å². The first-order chi connectivity index (χ1) is 14.6. The molecule has 33 heavy (non-hydrogen) atoms. The van der Waals surface area contributed by atoms with E-state index in [-0.39, 0.29) is 24.8 Å². The zero-order valence-corrected chi connectivity index (χ0v) is 26.5. The molecule has 1 nitrogen and oxygen atoms in total. The van der Waals surface area contributed by atoms with Crippen LogP contribution in [0, 0.1) is 10.4 Å². The molecule has 0 unspecified atom stereocenters. The van der Waals surface area contributed by atoms with Crippen molar-refractivity contribution in [3.8, 4) is 0 Å². The number of hydrogen-bond acceptors (Lipinski definition) is 1. The molecular formula is C27H33Cl2OSi2Zr. The molecule has 0 radical (unpaired) electrons. The molecular weight excluding hydrogens is 559 g/mol. The first-order valence-electron chi connectivity index (χ1n) is 11.3. The Bertz CT molecular complexity index is 1320. The summed E-state index contributed by atoms with van der Waals surface area (Å²) in [6, 6.07) is 14.8. The predicted octanol–water partition coefficient (Wildman–Crippen LogP) is -0.389. The molecule has 4 rings (SSSR count). The summed E-state index contributed by atoms with van der Waals surface area (Å²) in [5.74, 6) is 0. The Kier molecular flexibility index (Phi) is 9.64. The third-order valence-electron chi connectivity index (χ3n) is 6.51. The average molecular weight is 592 g/mol. The molecule has 2 aliphatic carbocycles. The topological polar surface area (TPSA) is 9.23 Å². The van der Waals surface area contributed by atoms with Crippen molar-refractivity contribution in [1.29, 1.82) is 0 Å². The van der Waals surface area contributed by atoms with E-state index in [1.165, 1.54) is 66.0 Å². The van der Waals surface area contributed by atoms with Crippen LogP contribution in [-0.4, -0.2) is 23.0 Å². The number of benzene rings is 2. The van der Waals surface area contributed by atoms with Crippen molar-refractivity contribution in [3.05, 3.63) is 85.7 Å². The van der Waals surface area contributed by atoms with Gasteiger partial charge in [0, 0.05) is 0 Å². The van der Waals surface area contributed by atoms with Gasteiger partial charge in [-0.25, -0.2) is 0 Å². The smallest absolute Gasteiger partial charge is 1.00 e. The van der Waals surface area contributed by atoms with Crippen LogP contribution in [0.2, 0.25) is 38.8 Å². The van der Waals surface area contributed by atoms with Crippen LogP contribution in [0.15, 0.2) is 53.7 Å². The number of fused-ring (bicyclic) bond motifs is 2. The van der Waals surface area contributed by atoms with E-state index < -0.39 is 16.4 Å². The van der Waals surface area contributed by atoms with E-state index in [4.69, 9.17) is 4.43 Å². The molecule has 0 heterocycles. The van der Waals surface area contributed by atoms with Gasteiger partial charge in [-0.1, -0.05) is 0 Å². The Balaban J connectivity index is 0.00000193. The van der Waals surface area contributed by atoms with Crippen LogP contribution in [0.25, 0.3) is 14.9 Å². The van der Waals surface area contributed by atoms with Gasteiger partial charge in [0.15, 0.2) is 0 Å². The molecule has 0 saturated carbocycles. The van der Waals surface area contributed by atoms with Gasteiger partial charge in [-0.05, 0) is 0 Å². The molecule has 0 aromatic heterocycles. The van der Waals surface area contributed by atoms with Crippen molar-refractivity contribution in [2.45, 2.75) is 52.1 Å². The summed E-state index contributed by atoms with van der Waals surface area (Å²) < 4.78 is 7.78. The van der Waals surface area contributed by atoms with Crippen LogP contribution in [0.3, 0.4) is 0 Å². The molecule has 0 amide bonds. The standard InChI is InChI=1S/C27H33OSi2.2ClH.Zr/c1-7-20-15-16-23-22-12-9-8-11-21(22)19-25(23)27(20)24-13-10-14-26(24)30(5,6)18-17-28-29(2,3)4;;;/h7-12,14-16H,13,17-18H2,1-6H3;2*1H;/q;;;+2/p-2. The van der Waals surface area contributed by atoms with Crippen molar-refractivity contribution in [2.24, 2.45) is 0 Å². The van der Waals surface area contributed by atoms with Gasteiger partial charge in [0.05, 0.1) is 0 Å². The van der Waals surface area contributed by atoms with E-state index in [2.05, 4.69) is 94.3 Å². The second-order valence-corrected chi connectivity index (χ2v) is 20.8. The van der Waals surface area contributed by atoms with Gasteiger partial charge in [-0.15, -0.1) is 0 Å². The first-order valence-corrected chi connectivity index (χ1v) is 19.2. The molecule has 0 fully saturated rings. The molecule has 2 aromatic rings. The maximum atomic E-state index is 6.26. The first kappa shape index (κ1) is 28.8. The maximum Gasteiger partial charge on any atom is -1.00 e. The molecule has 0 bridgehead atoms. The number of rotatable bonds is 6. The van der Waals surface area contributed by atoms with Crippen molar-refractivity contribution in [3.63, 3.8) is 0 Å². The molecule has 2 aliphatic rings. The molecule has 173 valence electrons. The van der Waals surface area contributed by atoms with Gasteiger partial charge in [-0.2, -0.15) is 0 Å². The third-order valence-corrected chi connectivity index (χ3v) is 12.2. The van der Waals surface area contributed by atoms with Gasteiger partial charge >= 0.3 is 205 Å². The summed E-state index contributed by atoms with van der Waals surface area (Å²) in [6.45, 7) is 15.0. The summed E-state index contributed by atoms with van der Waals surface area (Å²) in [5, 5.41) is 7.26.